The molecule has 16 nitrogen and oxygen atoms in total. The highest BCUT2D eigenvalue weighted by molar-refractivity contribution is 6.23. The maximum atomic E-state index is 13.8. The molecule has 1 N–H and O–H groups in total. The fourth-order valence-electron chi connectivity index (χ4n) is 7.96. The molecule has 0 saturated heterocycles. The molecule has 56 heavy (non-hydrogen) atoms. The second-order valence-corrected chi connectivity index (χ2v) is 13.6. The Morgan fingerprint density at radius 2 is 1.21 bits per heavy atom. The number of fused-ring (bicyclic) bond motifs is 2. The van der Waals surface area contributed by atoms with Crippen LogP contribution in [0.25, 0.3) is 11.2 Å². The van der Waals surface area contributed by atoms with Gasteiger partial charge < -0.3 is 33.4 Å². The van der Waals surface area contributed by atoms with Crippen LogP contribution in [0.1, 0.15) is 65.9 Å². The minimum Gasteiger partial charge on any atom is -0.493 e. The summed E-state index contributed by atoms with van der Waals surface area (Å²) in [6, 6.07) is 10.4. The number of aryl methyl sites for hydroxylation is 2. The zero-order chi connectivity index (χ0) is 40.6. The summed E-state index contributed by atoms with van der Waals surface area (Å²) in [4.78, 5) is 65.8. The smallest absolute Gasteiger partial charge is 0.332 e. The molecular formula is C40H50N8O8. The summed E-state index contributed by atoms with van der Waals surface area (Å²) in [6.07, 6.45) is 0.598. The van der Waals surface area contributed by atoms with E-state index in [1.807, 2.05) is 61.9 Å². The van der Waals surface area contributed by atoms with Crippen LogP contribution in [0.2, 0.25) is 0 Å². The van der Waals surface area contributed by atoms with Gasteiger partial charge in [-0.1, -0.05) is 12.1 Å². The largest absolute Gasteiger partial charge is 0.493 e. The molecule has 5 aromatic rings. The molecule has 0 saturated carbocycles. The van der Waals surface area contributed by atoms with E-state index in [1.165, 1.54) is 9.13 Å². The van der Waals surface area contributed by atoms with E-state index >= 15 is 0 Å². The van der Waals surface area contributed by atoms with Gasteiger partial charge in [0, 0.05) is 46.6 Å². The van der Waals surface area contributed by atoms with Crippen molar-refractivity contribution < 1.29 is 28.5 Å². The fourth-order valence-corrected chi connectivity index (χ4v) is 7.96. The van der Waals surface area contributed by atoms with Crippen molar-refractivity contribution in [3.8, 4) is 23.0 Å². The summed E-state index contributed by atoms with van der Waals surface area (Å²) < 4.78 is 29.1. The van der Waals surface area contributed by atoms with Crippen molar-refractivity contribution in [3.05, 3.63) is 85.7 Å². The zero-order valence-corrected chi connectivity index (χ0v) is 33.6. The maximum absolute atomic E-state index is 13.8. The number of methoxy groups -OCH3 is 4. The lowest BCUT2D eigenvalue weighted by Gasteiger charge is -2.31. The van der Waals surface area contributed by atoms with E-state index in [0.29, 0.717) is 77.6 Å². The SMILES string of the molecule is CCN1C(=O)C(NC)C(=O)c2nc(CC(c3ccc(OC)c(OC)c3)C(Cc3nc4c(c(=O)n(CC)c(=O)n4CC)n3C)c3ccc(OC)c(OC)c3)n(C)c21. The number of benzene rings is 2. The van der Waals surface area contributed by atoms with Crippen molar-refractivity contribution in [1.82, 2.24) is 33.6 Å². The van der Waals surface area contributed by atoms with Crippen LogP contribution in [0, 0.1) is 0 Å². The summed E-state index contributed by atoms with van der Waals surface area (Å²) in [7, 11) is 11.5. The molecule has 0 radical (unpaired) electrons. The van der Waals surface area contributed by atoms with Crippen LogP contribution >= 0.6 is 0 Å². The molecule has 3 aromatic heterocycles. The van der Waals surface area contributed by atoms with Crippen LogP contribution in [0.5, 0.6) is 23.0 Å². The number of nitrogens with one attached hydrogen (secondary N) is 1. The van der Waals surface area contributed by atoms with Gasteiger partial charge in [-0.25, -0.2) is 14.8 Å². The Labute approximate surface area is 324 Å². The average Bonchev–Trinajstić information content (AvgIpc) is 3.71. The first-order chi connectivity index (χ1) is 26.9. The Morgan fingerprint density at radius 3 is 1.68 bits per heavy atom. The topological polar surface area (TPSA) is 166 Å². The van der Waals surface area contributed by atoms with Gasteiger partial charge in [-0.2, -0.15) is 0 Å². The Balaban J connectivity index is 1.62. The van der Waals surface area contributed by atoms with Gasteiger partial charge in [-0.15, -0.1) is 0 Å². The minimum atomic E-state index is -1.04. The summed E-state index contributed by atoms with van der Waals surface area (Å²) in [5, 5.41) is 2.86. The monoisotopic (exact) mass is 770 g/mol. The van der Waals surface area contributed by atoms with Gasteiger partial charge in [0.05, 0.1) is 28.4 Å². The fraction of sp³-hybridized carbons (Fsp3) is 0.450. The van der Waals surface area contributed by atoms with Crippen LogP contribution in [-0.4, -0.2) is 88.0 Å². The number of hydrogen-bond donors (Lipinski definition) is 1. The molecule has 1 amide bonds. The number of Topliss-reactive ketones (excluding diaryl/α,β-unsaturated/α-hetero) is 1. The first-order valence-corrected chi connectivity index (χ1v) is 18.6. The van der Waals surface area contributed by atoms with Crippen molar-refractivity contribution in [2.45, 2.75) is 64.6 Å². The molecule has 0 bridgehead atoms. The summed E-state index contributed by atoms with van der Waals surface area (Å²) in [6.45, 7) is 6.37. The zero-order valence-electron chi connectivity index (χ0n) is 33.6. The Bertz CT molecular complexity index is 2430. The van der Waals surface area contributed by atoms with E-state index in [1.54, 1.807) is 58.9 Å². The number of anilines is 1. The number of likely N-dealkylation sites (N-methyl/N-ethyl adjacent to an activating group) is 2. The number of ether oxygens (including phenoxy) is 4. The van der Waals surface area contributed by atoms with Gasteiger partial charge >= 0.3 is 5.69 Å². The summed E-state index contributed by atoms with van der Waals surface area (Å²) >= 11 is 0. The first-order valence-electron chi connectivity index (χ1n) is 18.6. The molecular weight excluding hydrogens is 720 g/mol. The molecule has 4 heterocycles. The van der Waals surface area contributed by atoms with Gasteiger partial charge in [-0.3, -0.25) is 28.4 Å². The van der Waals surface area contributed by atoms with E-state index in [9.17, 15) is 19.2 Å². The van der Waals surface area contributed by atoms with Gasteiger partial charge in [0.15, 0.2) is 45.9 Å². The number of amides is 1. The summed E-state index contributed by atoms with van der Waals surface area (Å²) in [5.41, 5.74) is 1.78. The Kier molecular flexibility index (Phi) is 11.4. The van der Waals surface area contributed by atoms with Gasteiger partial charge in [0.1, 0.15) is 17.5 Å². The number of carbonyl (C=O) groups excluding carboxylic acids is 2. The van der Waals surface area contributed by atoms with Crippen molar-refractivity contribution in [2.75, 3.05) is 46.9 Å². The van der Waals surface area contributed by atoms with Crippen LogP contribution in [0.4, 0.5) is 5.82 Å². The van der Waals surface area contributed by atoms with Gasteiger partial charge in [-0.05, 0) is 75.0 Å². The first kappa shape index (κ1) is 39.8. The molecule has 0 aliphatic carbocycles. The van der Waals surface area contributed by atoms with E-state index in [-0.39, 0.29) is 18.1 Å². The molecule has 0 spiro atoms. The molecule has 1 aliphatic heterocycles. The maximum Gasteiger partial charge on any atom is 0.332 e. The van der Waals surface area contributed by atoms with Gasteiger partial charge in [0.25, 0.3) is 11.5 Å². The molecule has 16 heteroatoms. The third kappa shape index (κ3) is 6.50. The van der Waals surface area contributed by atoms with Crippen molar-refractivity contribution in [1.29, 1.82) is 0 Å². The number of nitrogens with zero attached hydrogens (tertiary/aromatic N) is 7. The number of aromatic nitrogens is 6. The van der Waals surface area contributed by atoms with Crippen molar-refractivity contribution in [3.63, 3.8) is 0 Å². The second kappa shape index (κ2) is 16.1. The number of rotatable bonds is 15. The lowest BCUT2D eigenvalue weighted by molar-refractivity contribution is -0.119. The van der Waals surface area contributed by atoms with Crippen LogP contribution < -0.4 is 40.4 Å². The molecule has 6 rings (SSSR count). The molecule has 3 unspecified atom stereocenters. The molecule has 3 atom stereocenters. The predicted molar refractivity (Wildman–Crippen MR) is 211 cm³/mol. The average molecular weight is 771 g/mol. The number of carbonyl (C=O) groups is 2. The minimum absolute atomic E-state index is 0.218. The van der Waals surface area contributed by atoms with Crippen molar-refractivity contribution in [2.24, 2.45) is 14.1 Å². The lowest BCUT2D eigenvalue weighted by atomic mass is 9.77. The summed E-state index contributed by atoms with van der Waals surface area (Å²) in [5.74, 6) is 2.21. The van der Waals surface area contributed by atoms with Crippen LogP contribution in [0.15, 0.2) is 46.0 Å². The highest BCUT2D eigenvalue weighted by Gasteiger charge is 2.42. The van der Waals surface area contributed by atoms with Crippen LogP contribution in [0.3, 0.4) is 0 Å². The number of ketones is 1. The molecule has 298 valence electrons. The number of imidazole rings is 2. The third-order valence-corrected chi connectivity index (χ3v) is 11.0. The molecule has 1 aliphatic rings. The van der Waals surface area contributed by atoms with E-state index in [4.69, 9.17) is 28.9 Å². The van der Waals surface area contributed by atoms with Gasteiger partial charge in [0.2, 0.25) is 5.78 Å². The normalized spacial score (nSPS) is 15.2. The van der Waals surface area contributed by atoms with E-state index in [2.05, 4.69) is 5.32 Å². The lowest BCUT2D eigenvalue weighted by Crippen LogP contribution is -2.54. The van der Waals surface area contributed by atoms with E-state index in [0.717, 1.165) is 11.1 Å². The molecule has 0 fully saturated rings. The highest BCUT2D eigenvalue weighted by Crippen LogP contribution is 2.44. The second-order valence-electron chi connectivity index (χ2n) is 13.6. The van der Waals surface area contributed by atoms with Crippen LogP contribution in [-0.2, 0) is 44.8 Å². The Hall–Kier alpha value is -5.90. The highest BCUT2D eigenvalue weighted by atomic mass is 16.5. The molecule has 2 aromatic carbocycles. The quantitative estimate of drug-likeness (QED) is 0.156. The van der Waals surface area contributed by atoms with E-state index < -0.39 is 34.9 Å². The standard InChI is InChI=1S/C40H50N8O8/c1-11-46-36-34(39(51)48(13-3)40(46)52)44(5)31(43-36)21-25(23-15-17-27(54-8)29(19-23)56-10)24(22-14-16-26(53-7)28(18-22)55-9)20-30-42-32-35(49)33(41-4)38(50)47(12-2)37(32)45(30)6/h14-19,24-25,33,41H,11-13,20-21H2,1-10H3. The number of hydrogen-bond acceptors (Lipinski definition) is 11. The van der Waals surface area contributed by atoms with Crippen molar-refractivity contribution >= 4 is 28.7 Å². The third-order valence-electron chi connectivity index (χ3n) is 11.0. The Morgan fingerprint density at radius 1 is 0.696 bits per heavy atom. The predicted octanol–water partition coefficient (Wildman–Crippen LogP) is 3.19.